The minimum absolute atomic E-state index is 0.0506. The van der Waals surface area contributed by atoms with Crippen molar-refractivity contribution in [1.29, 1.82) is 0 Å². The summed E-state index contributed by atoms with van der Waals surface area (Å²) in [4.78, 5) is 24.3. The van der Waals surface area contributed by atoms with E-state index in [9.17, 15) is 9.59 Å². The number of methoxy groups -OCH3 is 1. The van der Waals surface area contributed by atoms with Crippen molar-refractivity contribution in [2.45, 2.75) is 13.3 Å². The van der Waals surface area contributed by atoms with E-state index in [1.165, 1.54) is 7.11 Å². The molecular formula is C25H22N4O3. The van der Waals surface area contributed by atoms with Gasteiger partial charge in [0.2, 0.25) is 0 Å². The number of ether oxygens (including phenoxy) is 1. The fourth-order valence-electron chi connectivity index (χ4n) is 3.34. The summed E-state index contributed by atoms with van der Waals surface area (Å²) >= 11 is 0. The van der Waals surface area contributed by atoms with E-state index < -0.39 is 0 Å². The van der Waals surface area contributed by atoms with E-state index in [-0.39, 0.29) is 18.3 Å². The molecule has 0 saturated carbocycles. The van der Waals surface area contributed by atoms with Crippen LogP contribution < -0.4 is 10.6 Å². The SMILES string of the molecule is COC(=O)Cc1nnc(Nc2ccc(C(=O)Nc3ccccc3C)cc2)c2ccccc12. The van der Waals surface area contributed by atoms with Crippen LogP contribution in [-0.2, 0) is 16.0 Å². The zero-order valence-corrected chi connectivity index (χ0v) is 17.8. The Labute approximate surface area is 185 Å². The normalized spacial score (nSPS) is 10.6. The lowest BCUT2D eigenvalue weighted by molar-refractivity contribution is -0.139. The molecule has 1 amide bonds. The molecule has 0 spiro atoms. The number of hydrogen-bond donors (Lipinski definition) is 2. The lowest BCUT2D eigenvalue weighted by Crippen LogP contribution is -2.12. The molecule has 3 aromatic carbocycles. The van der Waals surface area contributed by atoms with E-state index in [4.69, 9.17) is 4.74 Å². The van der Waals surface area contributed by atoms with Crippen molar-refractivity contribution in [3.63, 3.8) is 0 Å². The summed E-state index contributed by atoms with van der Waals surface area (Å²) in [5.74, 6) is 0.0132. The molecule has 1 heterocycles. The van der Waals surface area contributed by atoms with Gasteiger partial charge in [-0.3, -0.25) is 9.59 Å². The first kappa shape index (κ1) is 21.0. The third-order valence-corrected chi connectivity index (χ3v) is 5.11. The largest absolute Gasteiger partial charge is 0.469 e. The Kier molecular flexibility index (Phi) is 6.07. The van der Waals surface area contributed by atoms with Gasteiger partial charge in [0.1, 0.15) is 0 Å². The van der Waals surface area contributed by atoms with Crippen molar-refractivity contribution in [2.24, 2.45) is 0 Å². The van der Waals surface area contributed by atoms with Crippen molar-refractivity contribution >= 4 is 39.8 Å². The molecule has 4 rings (SSSR count). The fourth-order valence-corrected chi connectivity index (χ4v) is 3.34. The average molecular weight is 426 g/mol. The number of carbonyl (C=O) groups excluding carboxylic acids is 2. The van der Waals surface area contributed by atoms with E-state index in [2.05, 4.69) is 20.8 Å². The first-order valence-electron chi connectivity index (χ1n) is 10.1. The lowest BCUT2D eigenvalue weighted by atomic mass is 10.1. The van der Waals surface area contributed by atoms with Crippen molar-refractivity contribution < 1.29 is 14.3 Å². The second-order valence-electron chi connectivity index (χ2n) is 7.27. The van der Waals surface area contributed by atoms with Crippen LogP contribution in [0.1, 0.15) is 21.6 Å². The van der Waals surface area contributed by atoms with Crippen LogP contribution in [0, 0.1) is 6.92 Å². The van der Waals surface area contributed by atoms with Gasteiger partial charge in [-0.1, -0.05) is 42.5 Å². The molecule has 0 fully saturated rings. The standard InChI is InChI=1S/C25H22N4O3/c1-16-7-3-6-10-21(16)27-25(31)17-11-13-18(14-12-17)26-24-20-9-5-4-8-19(20)22(28-29-24)15-23(30)32-2/h3-14H,15H2,1-2H3,(H,26,29)(H,27,31). The summed E-state index contributed by atoms with van der Waals surface area (Å²) in [6.07, 6.45) is 0.0506. The van der Waals surface area contributed by atoms with Crippen LogP contribution in [0.15, 0.2) is 72.8 Å². The predicted molar refractivity (Wildman–Crippen MR) is 124 cm³/mol. The molecule has 4 aromatic rings. The van der Waals surface area contributed by atoms with Crippen LogP contribution in [0.5, 0.6) is 0 Å². The smallest absolute Gasteiger partial charge is 0.311 e. The van der Waals surface area contributed by atoms with Gasteiger partial charge >= 0.3 is 5.97 Å². The lowest BCUT2D eigenvalue weighted by Gasteiger charge is -2.11. The number of esters is 1. The van der Waals surface area contributed by atoms with Gasteiger partial charge in [0, 0.05) is 27.7 Å². The van der Waals surface area contributed by atoms with Gasteiger partial charge in [0.15, 0.2) is 5.82 Å². The summed E-state index contributed by atoms with van der Waals surface area (Å²) in [5, 5.41) is 16.3. The molecule has 2 N–H and O–H groups in total. The van der Waals surface area contributed by atoms with Crippen LogP contribution >= 0.6 is 0 Å². The Morgan fingerprint density at radius 2 is 1.56 bits per heavy atom. The zero-order valence-electron chi connectivity index (χ0n) is 17.8. The highest BCUT2D eigenvalue weighted by Gasteiger charge is 2.13. The number of rotatable bonds is 6. The number of para-hydroxylation sites is 1. The Morgan fingerprint density at radius 1 is 0.875 bits per heavy atom. The van der Waals surface area contributed by atoms with Crippen molar-refractivity contribution in [1.82, 2.24) is 10.2 Å². The average Bonchev–Trinajstić information content (AvgIpc) is 2.82. The van der Waals surface area contributed by atoms with Gasteiger partial charge in [0.25, 0.3) is 5.91 Å². The first-order valence-corrected chi connectivity index (χ1v) is 10.1. The Bertz CT molecular complexity index is 1290. The quantitative estimate of drug-likeness (QED) is 0.436. The molecule has 1 aromatic heterocycles. The van der Waals surface area contributed by atoms with E-state index >= 15 is 0 Å². The van der Waals surface area contributed by atoms with Gasteiger partial charge in [-0.05, 0) is 42.8 Å². The maximum Gasteiger partial charge on any atom is 0.311 e. The number of nitrogens with zero attached hydrogens (tertiary/aromatic N) is 2. The third-order valence-electron chi connectivity index (χ3n) is 5.11. The molecule has 7 heteroatoms. The number of nitrogens with one attached hydrogen (secondary N) is 2. The Morgan fingerprint density at radius 3 is 2.28 bits per heavy atom. The van der Waals surface area contributed by atoms with E-state index in [0.29, 0.717) is 17.1 Å². The summed E-state index contributed by atoms with van der Waals surface area (Å²) in [6, 6.07) is 22.3. The minimum atomic E-state index is -0.371. The summed E-state index contributed by atoms with van der Waals surface area (Å²) in [6.45, 7) is 1.95. The molecule has 0 saturated heterocycles. The van der Waals surface area contributed by atoms with Gasteiger partial charge in [-0.2, -0.15) is 5.10 Å². The van der Waals surface area contributed by atoms with Gasteiger partial charge in [-0.25, -0.2) is 0 Å². The van der Waals surface area contributed by atoms with Gasteiger partial charge in [0.05, 0.1) is 19.2 Å². The first-order chi connectivity index (χ1) is 15.5. The molecule has 0 unspecified atom stereocenters. The number of aryl methyl sites for hydroxylation is 1. The highest BCUT2D eigenvalue weighted by atomic mass is 16.5. The topological polar surface area (TPSA) is 93.2 Å². The van der Waals surface area contributed by atoms with Crippen LogP contribution in [0.3, 0.4) is 0 Å². The molecule has 0 radical (unpaired) electrons. The number of anilines is 3. The zero-order chi connectivity index (χ0) is 22.5. The van der Waals surface area contributed by atoms with E-state index in [1.807, 2.05) is 67.6 Å². The molecule has 0 bridgehead atoms. The highest BCUT2D eigenvalue weighted by molar-refractivity contribution is 6.05. The van der Waals surface area contributed by atoms with Crippen molar-refractivity contribution in [3.8, 4) is 0 Å². The van der Waals surface area contributed by atoms with E-state index in [1.54, 1.807) is 12.1 Å². The minimum Gasteiger partial charge on any atom is -0.469 e. The van der Waals surface area contributed by atoms with Gasteiger partial charge < -0.3 is 15.4 Å². The molecule has 7 nitrogen and oxygen atoms in total. The van der Waals surface area contributed by atoms with Crippen molar-refractivity contribution in [2.75, 3.05) is 17.7 Å². The molecule has 0 atom stereocenters. The number of amides is 1. The molecule has 160 valence electrons. The number of benzene rings is 3. The number of carbonyl (C=O) groups is 2. The second-order valence-corrected chi connectivity index (χ2v) is 7.27. The molecule has 0 aliphatic carbocycles. The Hall–Kier alpha value is -4.26. The molecular weight excluding hydrogens is 404 g/mol. The van der Waals surface area contributed by atoms with Crippen molar-refractivity contribution in [3.05, 3.63) is 89.6 Å². The number of aromatic nitrogens is 2. The monoisotopic (exact) mass is 426 g/mol. The molecule has 0 aliphatic rings. The second kappa shape index (κ2) is 9.26. The summed E-state index contributed by atoms with van der Waals surface area (Å²) in [7, 11) is 1.35. The summed E-state index contributed by atoms with van der Waals surface area (Å²) in [5.41, 5.74) is 3.65. The van der Waals surface area contributed by atoms with E-state index in [0.717, 1.165) is 27.7 Å². The van der Waals surface area contributed by atoms with Crippen LogP contribution in [0.4, 0.5) is 17.2 Å². The van der Waals surface area contributed by atoms with Gasteiger partial charge in [-0.15, -0.1) is 5.10 Å². The third kappa shape index (κ3) is 4.57. The molecule has 0 aliphatic heterocycles. The van der Waals surface area contributed by atoms with Crippen LogP contribution in [-0.4, -0.2) is 29.2 Å². The predicted octanol–water partition coefficient (Wildman–Crippen LogP) is 4.65. The highest BCUT2D eigenvalue weighted by Crippen LogP contribution is 2.26. The maximum absolute atomic E-state index is 12.6. The van der Waals surface area contributed by atoms with Crippen LogP contribution in [0.2, 0.25) is 0 Å². The number of hydrogen-bond acceptors (Lipinski definition) is 6. The van der Waals surface area contributed by atoms with Crippen LogP contribution in [0.25, 0.3) is 10.8 Å². The maximum atomic E-state index is 12.6. The Balaban J connectivity index is 1.53. The molecule has 32 heavy (non-hydrogen) atoms. The summed E-state index contributed by atoms with van der Waals surface area (Å²) < 4.78 is 4.75. The fraction of sp³-hybridized carbons (Fsp3) is 0.120. The number of fused-ring (bicyclic) bond motifs is 1.